The van der Waals surface area contributed by atoms with Gasteiger partial charge in [-0.05, 0) is 24.6 Å². The molecule has 0 aliphatic heterocycles. The Morgan fingerprint density at radius 3 is 2.88 bits per heavy atom. The summed E-state index contributed by atoms with van der Waals surface area (Å²) in [6.45, 7) is 3.54. The molecule has 0 fully saturated rings. The minimum absolute atomic E-state index is 0.601. The third-order valence-corrected chi connectivity index (χ3v) is 3.64. The number of hydrogen-bond acceptors (Lipinski definition) is 4. The van der Waals surface area contributed by atoms with Crippen molar-refractivity contribution in [3.63, 3.8) is 0 Å². The normalized spacial score (nSPS) is 10.7. The van der Waals surface area contributed by atoms with Crippen LogP contribution < -0.4 is 11.1 Å². The molecule has 2 aromatic rings. The number of hydrogen-bond donors (Lipinski definition) is 2. The molecule has 5 heteroatoms. The molecule has 0 aliphatic rings. The molecule has 3 N–H and O–H groups in total. The quantitative estimate of drug-likeness (QED) is 0.838. The van der Waals surface area contributed by atoms with E-state index in [2.05, 4.69) is 15.7 Å². The number of nitrogen functional groups attached to an aromatic ring is 1. The lowest BCUT2D eigenvalue weighted by Crippen LogP contribution is -2.12. The van der Waals surface area contributed by atoms with E-state index in [0.29, 0.717) is 10.7 Å². The molecule has 90 valence electrons. The van der Waals surface area contributed by atoms with E-state index in [9.17, 15) is 0 Å². The van der Waals surface area contributed by atoms with E-state index in [1.807, 2.05) is 25.1 Å². The van der Waals surface area contributed by atoms with Crippen molar-refractivity contribution < 1.29 is 0 Å². The van der Waals surface area contributed by atoms with Crippen molar-refractivity contribution in [2.24, 2.45) is 0 Å². The molecule has 0 aliphatic carbocycles. The molecule has 1 heterocycles. The van der Waals surface area contributed by atoms with E-state index in [0.717, 1.165) is 29.4 Å². The number of nitrogens with two attached hydrogens (primary N) is 1. The third-order valence-electron chi connectivity index (χ3n) is 2.33. The summed E-state index contributed by atoms with van der Waals surface area (Å²) >= 11 is 7.53. The molecule has 0 bridgehead atoms. The molecule has 2 rings (SSSR count). The maximum atomic E-state index is 5.86. The fraction of sp³-hybridized carbons (Fsp3) is 0.250. The molecule has 0 saturated carbocycles. The Labute approximate surface area is 110 Å². The summed E-state index contributed by atoms with van der Waals surface area (Å²) in [4.78, 5) is 4.38. The van der Waals surface area contributed by atoms with Gasteiger partial charge in [-0.25, -0.2) is 4.98 Å². The van der Waals surface area contributed by atoms with Crippen molar-refractivity contribution in [2.75, 3.05) is 5.73 Å². The van der Waals surface area contributed by atoms with Crippen LogP contribution in [0.1, 0.15) is 16.3 Å². The number of rotatable bonds is 4. The number of nitrogens with zero attached hydrogens (tertiary/aromatic N) is 1. The number of benzene rings is 1. The fourth-order valence-electron chi connectivity index (χ4n) is 1.50. The van der Waals surface area contributed by atoms with Crippen molar-refractivity contribution in [3.8, 4) is 0 Å². The van der Waals surface area contributed by atoms with E-state index in [4.69, 9.17) is 17.3 Å². The third kappa shape index (κ3) is 3.43. The van der Waals surface area contributed by atoms with Gasteiger partial charge >= 0.3 is 0 Å². The van der Waals surface area contributed by atoms with Crippen LogP contribution in [-0.4, -0.2) is 4.98 Å². The SMILES string of the molecule is Cc1csc(CNCc2ccc(Cl)c(N)c2)n1. The minimum Gasteiger partial charge on any atom is -0.398 e. The lowest BCUT2D eigenvalue weighted by molar-refractivity contribution is 0.689. The number of aromatic nitrogens is 1. The summed E-state index contributed by atoms with van der Waals surface area (Å²) < 4.78 is 0. The van der Waals surface area contributed by atoms with Gasteiger partial charge in [0.15, 0.2) is 0 Å². The van der Waals surface area contributed by atoms with Crippen molar-refractivity contribution in [2.45, 2.75) is 20.0 Å². The van der Waals surface area contributed by atoms with Gasteiger partial charge in [-0.2, -0.15) is 0 Å². The molecule has 0 saturated heterocycles. The molecule has 0 radical (unpaired) electrons. The first kappa shape index (κ1) is 12.4. The smallest absolute Gasteiger partial charge is 0.107 e. The molecule has 17 heavy (non-hydrogen) atoms. The number of thiazole rings is 1. The van der Waals surface area contributed by atoms with Crippen LogP contribution in [-0.2, 0) is 13.1 Å². The highest BCUT2D eigenvalue weighted by atomic mass is 35.5. The zero-order chi connectivity index (χ0) is 12.3. The molecule has 1 aromatic carbocycles. The van der Waals surface area contributed by atoms with Crippen molar-refractivity contribution in [1.29, 1.82) is 0 Å². The second-order valence-corrected chi connectivity index (χ2v) is 5.19. The summed E-state index contributed by atoms with van der Waals surface area (Å²) in [6.07, 6.45) is 0. The molecule has 0 amide bonds. The topological polar surface area (TPSA) is 50.9 Å². The molecule has 1 aromatic heterocycles. The molecule has 0 spiro atoms. The second kappa shape index (κ2) is 5.49. The van der Waals surface area contributed by atoms with Gasteiger partial charge in [-0.1, -0.05) is 17.7 Å². The Morgan fingerprint density at radius 1 is 1.41 bits per heavy atom. The molecular formula is C12H14ClN3S. The Bertz CT molecular complexity index is 510. The summed E-state index contributed by atoms with van der Waals surface area (Å²) in [5.74, 6) is 0. The van der Waals surface area contributed by atoms with Crippen LogP contribution in [0.4, 0.5) is 5.69 Å². The van der Waals surface area contributed by atoms with E-state index >= 15 is 0 Å². The maximum absolute atomic E-state index is 5.86. The van der Waals surface area contributed by atoms with Crippen molar-refractivity contribution in [3.05, 3.63) is 44.9 Å². The fourth-order valence-corrected chi connectivity index (χ4v) is 2.36. The van der Waals surface area contributed by atoms with Crippen LogP contribution in [0.3, 0.4) is 0 Å². The van der Waals surface area contributed by atoms with Crippen LogP contribution in [0.2, 0.25) is 5.02 Å². The van der Waals surface area contributed by atoms with Gasteiger partial charge in [-0.15, -0.1) is 11.3 Å². The summed E-state index contributed by atoms with van der Waals surface area (Å²) in [6, 6.07) is 5.68. The standard InChI is InChI=1S/C12H14ClN3S/c1-8-7-17-12(16-8)6-15-5-9-2-3-10(13)11(14)4-9/h2-4,7,15H,5-6,14H2,1H3. The Hall–Kier alpha value is -1.10. The van der Waals surface area contributed by atoms with E-state index in [1.165, 1.54) is 0 Å². The Balaban J connectivity index is 1.87. The zero-order valence-electron chi connectivity index (χ0n) is 9.53. The van der Waals surface area contributed by atoms with Crippen LogP contribution in [0.15, 0.2) is 23.6 Å². The van der Waals surface area contributed by atoms with Crippen molar-refractivity contribution in [1.82, 2.24) is 10.3 Å². The zero-order valence-corrected chi connectivity index (χ0v) is 11.1. The lowest BCUT2D eigenvalue weighted by Gasteiger charge is -2.05. The Kier molecular flexibility index (Phi) is 3.99. The van der Waals surface area contributed by atoms with Crippen LogP contribution in [0.25, 0.3) is 0 Å². The summed E-state index contributed by atoms with van der Waals surface area (Å²) in [5, 5.41) is 7.08. The summed E-state index contributed by atoms with van der Waals surface area (Å²) in [5.41, 5.74) is 8.56. The summed E-state index contributed by atoms with van der Waals surface area (Å²) in [7, 11) is 0. The van der Waals surface area contributed by atoms with Gasteiger partial charge in [0.05, 0.1) is 10.7 Å². The predicted octanol–water partition coefficient (Wildman–Crippen LogP) is 2.98. The minimum atomic E-state index is 0.601. The van der Waals surface area contributed by atoms with Crippen LogP contribution >= 0.6 is 22.9 Å². The highest BCUT2D eigenvalue weighted by Gasteiger charge is 2.00. The average molecular weight is 268 g/mol. The van der Waals surface area contributed by atoms with Gasteiger partial charge in [0.25, 0.3) is 0 Å². The first-order chi connectivity index (χ1) is 8.15. The predicted molar refractivity (Wildman–Crippen MR) is 73.3 cm³/mol. The molecule has 3 nitrogen and oxygen atoms in total. The van der Waals surface area contributed by atoms with Crippen molar-refractivity contribution >= 4 is 28.6 Å². The van der Waals surface area contributed by atoms with E-state index < -0.39 is 0 Å². The first-order valence-electron chi connectivity index (χ1n) is 5.31. The largest absolute Gasteiger partial charge is 0.398 e. The molecule has 0 unspecified atom stereocenters. The lowest BCUT2D eigenvalue weighted by atomic mass is 10.2. The monoisotopic (exact) mass is 267 g/mol. The van der Waals surface area contributed by atoms with Gasteiger partial charge in [-0.3, -0.25) is 0 Å². The highest BCUT2D eigenvalue weighted by Crippen LogP contribution is 2.19. The van der Waals surface area contributed by atoms with Gasteiger partial charge < -0.3 is 11.1 Å². The first-order valence-corrected chi connectivity index (χ1v) is 6.56. The second-order valence-electron chi connectivity index (χ2n) is 3.84. The Morgan fingerprint density at radius 2 is 2.24 bits per heavy atom. The van der Waals surface area contributed by atoms with Gasteiger partial charge in [0.2, 0.25) is 0 Å². The average Bonchev–Trinajstić information content (AvgIpc) is 2.70. The van der Waals surface area contributed by atoms with Crippen LogP contribution in [0.5, 0.6) is 0 Å². The highest BCUT2D eigenvalue weighted by molar-refractivity contribution is 7.09. The van der Waals surface area contributed by atoms with E-state index in [-0.39, 0.29) is 0 Å². The number of nitrogens with one attached hydrogen (secondary N) is 1. The van der Waals surface area contributed by atoms with Crippen LogP contribution in [0, 0.1) is 6.92 Å². The molecule has 0 atom stereocenters. The van der Waals surface area contributed by atoms with Gasteiger partial charge in [0.1, 0.15) is 5.01 Å². The number of aryl methyl sites for hydroxylation is 1. The number of anilines is 1. The number of halogens is 1. The maximum Gasteiger partial charge on any atom is 0.107 e. The molecular weight excluding hydrogens is 254 g/mol. The van der Waals surface area contributed by atoms with Gasteiger partial charge in [0, 0.05) is 24.2 Å². The van der Waals surface area contributed by atoms with E-state index in [1.54, 1.807) is 11.3 Å².